The van der Waals surface area contributed by atoms with Crippen LogP contribution in [0.15, 0.2) is 29.2 Å². The van der Waals surface area contributed by atoms with E-state index in [0.717, 1.165) is 12.5 Å². The Labute approximate surface area is 165 Å². The number of rotatable bonds is 6. The summed E-state index contributed by atoms with van der Waals surface area (Å²) in [4.78, 5) is 24.0. The standard InChI is InChI=1S/C16H24N4O5S.ClH/c1-3-12(2)15(17)16(21)18-8-10-19(11-9-18)26(24,25)14-7-5-4-6-13(14)20(22)23;/h4-7,12,15H,3,8-11,17H2,1-2H3;1H. The number of nitro groups is 1. The number of nitrogens with zero attached hydrogens (tertiary/aromatic N) is 3. The summed E-state index contributed by atoms with van der Waals surface area (Å²) in [6.45, 7) is 4.43. The van der Waals surface area contributed by atoms with Crippen molar-refractivity contribution < 1.29 is 18.1 Å². The average molecular weight is 421 g/mol. The number of amides is 1. The van der Waals surface area contributed by atoms with Crippen molar-refractivity contribution >= 4 is 34.0 Å². The fourth-order valence-corrected chi connectivity index (χ4v) is 4.40. The number of carbonyl (C=O) groups excluding carboxylic acids is 1. The van der Waals surface area contributed by atoms with Crippen molar-refractivity contribution in [2.75, 3.05) is 26.2 Å². The molecule has 2 N–H and O–H groups in total. The number of sulfonamides is 1. The summed E-state index contributed by atoms with van der Waals surface area (Å²) in [6, 6.07) is 4.65. The lowest BCUT2D eigenvalue weighted by Gasteiger charge is -2.35. The lowest BCUT2D eigenvalue weighted by atomic mass is 9.99. The van der Waals surface area contributed by atoms with E-state index in [1.807, 2.05) is 13.8 Å². The molecule has 0 saturated carbocycles. The van der Waals surface area contributed by atoms with Crippen LogP contribution in [0.3, 0.4) is 0 Å². The van der Waals surface area contributed by atoms with E-state index in [0.29, 0.717) is 0 Å². The molecule has 2 rings (SSSR count). The summed E-state index contributed by atoms with van der Waals surface area (Å²) < 4.78 is 26.7. The summed E-state index contributed by atoms with van der Waals surface area (Å²) in [6.07, 6.45) is 0.777. The molecule has 1 fully saturated rings. The van der Waals surface area contributed by atoms with Crippen LogP contribution >= 0.6 is 12.4 Å². The van der Waals surface area contributed by atoms with Gasteiger partial charge in [0, 0.05) is 32.2 Å². The lowest BCUT2D eigenvalue weighted by Crippen LogP contribution is -2.55. The molecule has 0 spiro atoms. The molecule has 9 nitrogen and oxygen atoms in total. The Morgan fingerprint density at radius 3 is 2.33 bits per heavy atom. The number of hydrogen-bond acceptors (Lipinski definition) is 6. The Hall–Kier alpha value is -1.75. The zero-order chi connectivity index (χ0) is 19.5. The van der Waals surface area contributed by atoms with E-state index >= 15 is 0 Å². The molecule has 2 atom stereocenters. The molecule has 1 aromatic carbocycles. The van der Waals surface area contributed by atoms with Gasteiger partial charge in [-0.15, -0.1) is 12.4 Å². The smallest absolute Gasteiger partial charge is 0.289 e. The normalized spacial score (nSPS) is 17.7. The van der Waals surface area contributed by atoms with Gasteiger partial charge in [0.25, 0.3) is 5.69 Å². The van der Waals surface area contributed by atoms with Crippen LogP contribution in [0.4, 0.5) is 5.69 Å². The molecule has 0 bridgehead atoms. The van der Waals surface area contributed by atoms with Crippen LogP contribution in [0, 0.1) is 16.0 Å². The molecule has 152 valence electrons. The average Bonchev–Trinajstić information content (AvgIpc) is 2.66. The maximum Gasteiger partial charge on any atom is 0.289 e. The van der Waals surface area contributed by atoms with Crippen molar-refractivity contribution in [1.29, 1.82) is 0 Å². The molecule has 1 heterocycles. The SMILES string of the molecule is CCC(C)C(N)C(=O)N1CCN(S(=O)(=O)c2ccccc2[N+](=O)[O-])CC1.Cl. The summed E-state index contributed by atoms with van der Waals surface area (Å²) in [5, 5.41) is 11.1. The zero-order valence-electron chi connectivity index (χ0n) is 15.3. The molecule has 27 heavy (non-hydrogen) atoms. The van der Waals surface area contributed by atoms with E-state index in [4.69, 9.17) is 5.73 Å². The summed E-state index contributed by atoms with van der Waals surface area (Å²) >= 11 is 0. The van der Waals surface area contributed by atoms with Crippen LogP contribution in [0.1, 0.15) is 20.3 Å². The minimum absolute atomic E-state index is 0. The molecule has 1 saturated heterocycles. The summed E-state index contributed by atoms with van der Waals surface area (Å²) in [5.74, 6) is -0.154. The highest BCUT2D eigenvalue weighted by atomic mass is 35.5. The highest BCUT2D eigenvalue weighted by Gasteiger charge is 2.35. The predicted octanol–water partition coefficient (Wildman–Crippen LogP) is 1.22. The van der Waals surface area contributed by atoms with Gasteiger partial charge < -0.3 is 10.6 Å². The number of carbonyl (C=O) groups is 1. The van der Waals surface area contributed by atoms with E-state index < -0.39 is 26.7 Å². The van der Waals surface area contributed by atoms with Gasteiger partial charge in [0.15, 0.2) is 4.90 Å². The number of para-hydroxylation sites is 1. The quantitative estimate of drug-likeness (QED) is 0.544. The van der Waals surface area contributed by atoms with Gasteiger partial charge >= 0.3 is 0 Å². The minimum atomic E-state index is -4.01. The fourth-order valence-electron chi connectivity index (χ4n) is 2.82. The second-order valence-electron chi connectivity index (χ2n) is 6.37. The Balaban J connectivity index is 0.00000364. The van der Waals surface area contributed by atoms with E-state index in [1.165, 1.54) is 22.5 Å². The van der Waals surface area contributed by atoms with Gasteiger partial charge in [0.05, 0.1) is 11.0 Å². The monoisotopic (exact) mass is 420 g/mol. The topological polar surface area (TPSA) is 127 Å². The molecule has 0 aromatic heterocycles. The van der Waals surface area contributed by atoms with Crippen LogP contribution < -0.4 is 5.73 Å². The first kappa shape index (κ1) is 23.3. The van der Waals surface area contributed by atoms with Crippen LogP contribution in [-0.2, 0) is 14.8 Å². The number of benzene rings is 1. The third-order valence-corrected chi connectivity index (χ3v) is 6.72. The molecular weight excluding hydrogens is 396 g/mol. The van der Waals surface area contributed by atoms with Crippen molar-refractivity contribution in [3.05, 3.63) is 34.4 Å². The first-order valence-electron chi connectivity index (χ1n) is 8.48. The van der Waals surface area contributed by atoms with Crippen LogP contribution in [0.25, 0.3) is 0 Å². The number of halogens is 1. The first-order valence-corrected chi connectivity index (χ1v) is 9.92. The van der Waals surface area contributed by atoms with Gasteiger partial charge in [-0.1, -0.05) is 32.4 Å². The summed E-state index contributed by atoms with van der Waals surface area (Å²) in [5.41, 5.74) is 5.51. The van der Waals surface area contributed by atoms with Gasteiger partial charge in [0.2, 0.25) is 15.9 Å². The molecular formula is C16H25ClN4O5S. The Morgan fingerprint density at radius 2 is 1.81 bits per heavy atom. The van der Waals surface area contributed by atoms with Gasteiger partial charge in [-0.2, -0.15) is 4.31 Å². The van der Waals surface area contributed by atoms with Crippen molar-refractivity contribution in [3.63, 3.8) is 0 Å². The Morgan fingerprint density at radius 1 is 1.26 bits per heavy atom. The zero-order valence-corrected chi connectivity index (χ0v) is 16.9. The van der Waals surface area contributed by atoms with Crippen molar-refractivity contribution in [2.24, 2.45) is 11.7 Å². The van der Waals surface area contributed by atoms with Gasteiger partial charge in [-0.3, -0.25) is 14.9 Å². The lowest BCUT2D eigenvalue weighted by molar-refractivity contribution is -0.387. The Kier molecular flexibility index (Phi) is 8.15. The largest absolute Gasteiger partial charge is 0.339 e. The van der Waals surface area contributed by atoms with Crippen LogP contribution in [0.2, 0.25) is 0 Å². The molecule has 0 aliphatic carbocycles. The number of hydrogen-bond donors (Lipinski definition) is 1. The molecule has 11 heteroatoms. The van der Waals surface area contributed by atoms with Gasteiger partial charge in [-0.05, 0) is 12.0 Å². The maximum atomic E-state index is 12.8. The Bertz CT molecular complexity index is 781. The first-order chi connectivity index (χ1) is 12.2. The second kappa shape index (κ2) is 9.45. The van der Waals surface area contributed by atoms with Gasteiger partial charge in [0.1, 0.15) is 0 Å². The fraction of sp³-hybridized carbons (Fsp3) is 0.562. The molecule has 1 amide bonds. The third kappa shape index (κ3) is 4.95. The molecule has 1 aliphatic heterocycles. The van der Waals surface area contributed by atoms with Gasteiger partial charge in [-0.25, -0.2) is 8.42 Å². The maximum absolute atomic E-state index is 12.8. The summed E-state index contributed by atoms with van der Waals surface area (Å²) in [7, 11) is -4.01. The predicted molar refractivity (Wildman–Crippen MR) is 103 cm³/mol. The van der Waals surface area contributed by atoms with E-state index in [2.05, 4.69) is 0 Å². The van der Waals surface area contributed by atoms with Crippen molar-refractivity contribution in [1.82, 2.24) is 9.21 Å². The number of piperazine rings is 1. The molecule has 1 aromatic rings. The third-order valence-electron chi connectivity index (χ3n) is 4.77. The van der Waals surface area contributed by atoms with Crippen molar-refractivity contribution in [2.45, 2.75) is 31.2 Å². The molecule has 0 radical (unpaired) electrons. The highest BCUT2D eigenvalue weighted by molar-refractivity contribution is 7.89. The number of nitro benzene ring substituents is 1. The molecule has 1 aliphatic rings. The van der Waals surface area contributed by atoms with Crippen molar-refractivity contribution in [3.8, 4) is 0 Å². The van der Waals surface area contributed by atoms with Crippen LogP contribution in [-0.4, -0.2) is 60.7 Å². The van der Waals surface area contributed by atoms with E-state index in [9.17, 15) is 23.3 Å². The number of nitrogens with two attached hydrogens (primary N) is 1. The minimum Gasteiger partial charge on any atom is -0.339 e. The van der Waals surface area contributed by atoms with E-state index in [-0.39, 0.29) is 55.3 Å². The van der Waals surface area contributed by atoms with E-state index in [1.54, 1.807) is 4.90 Å². The highest BCUT2D eigenvalue weighted by Crippen LogP contribution is 2.27. The molecule has 2 unspecified atom stereocenters. The van der Waals surface area contributed by atoms with Crippen LogP contribution in [0.5, 0.6) is 0 Å². The second-order valence-corrected chi connectivity index (χ2v) is 8.27.